The zero-order valence-electron chi connectivity index (χ0n) is 13.8. The Kier molecular flexibility index (Phi) is 5.17. The van der Waals surface area contributed by atoms with Crippen LogP contribution in [0.2, 0.25) is 0 Å². The molecule has 5 nitrogen and oxygen atoms in total. The minimum atomic E-state index is 0.387. The summed E-state index contributed by atoms with van der Waals surface area (Å²) in [6, 6.07) is 0.387. The minimum Gasteiger partial charge on any atom is -0.313 e. The van der Waals surface area contributed by atoms with Crippen molar-refractivity contribution in [3.63, 3.8) is 0 Å². The molecule has 1 unspecified atom stereocenters. The van der Waals surface area contributed by atoms with Crippen molar-refractivity contribution in [2.24, 2.45) is 7.05 Å². The van der Waals surface area contributed by atoms with E-state index >= 15 is 0 Å². The third kappa shape index (κ3) is 3.18. The van der Waals surface area contributed by atoms with Gasteiger partial charge in [-0.15, -0.1) is 0 Å². The van der Waals surface area contributed by atoms with Crippen LogP contribution in [0.1, 0.15) is 55.7 Å². The highest BCUT2D eigenvalue weighted by Gasteiger charge is 2.21. The number of hydrogen-bond donors (Lipinski definition) is 1. The second-order valence-electron chi connectivity index (χ2n) is 5.44. The lowest BCUT2D eigenvalue weighted by Gasteiger charge is -2.16. The number of aryl methyl sites for hydroxylation is 2. The molecule has 21 heavy (non-hydrogen) atoms. The molecular weight excluding hydrogens is 262 g/mol. The van der Waals surface area contributed by atoms with Gasteiger partial charge >= 0.3 is 0 Å². The van der Waals surface area contributed by atoms with Gasteiger partial charge in [-0.25, -0.2) is 0 Å². The molecule has 0 radical (unpaired) electrons. The van der Waals surface area contributed by atoms with Crippen LogP contribution in [0.4, 0.5) is 0 Å². The third-order valence-electron chi connectivity index (χ3n) is 4.04. The van der Waals surface area contributed by atoms with Crippen molar-refractivity contribution < 1.29 is 0 Å². The molecule has 1 N–H and O–H groups in total. The predicted molar refractivity (Wildman–Crippen MR) is 85.4 cm³/mol. The van der Waals surface area contributed by atoms with E-state index in [1.54, 1.807) is 0 Å². The number of nitrogens with one attached hydrogen (secondary N) is 1. The number of nitrogens with zero attached hydrogens (tertiary/aromatic N) is 4. The van der Waals surface area contributed by atoms with Crippen LogP contribution in [0.5, 0.6) is 0 Å². The first-order chi connectivity index (χ1) is 10.1. The van der Waals surface area contributed by atoms with Crippen LogP contribution < -0.4 is 5.32 Å². The maximum absolute atomic E-state index is 4.86. The molecule has 0 amide bonds. The highest BCUT2D eigenvalue weighted by atomic mass is 15.3. The lowest BCUT2D eigenvalue weighted by molar-refractivity contribution is 0.563. The lowest BCUT2D eigenvalue weighted by atomic mass is 9.99. The quantitative estimate of drug-likeness (QED) is 0.852. The van der Waals surface area contributed by atoms with Crippen LogP contribution >= 0.6 is 0 Å². The van der Waals surface area contributed by atoms with Crippen LogP contribution in [-0.2, 0) is 26.4 Å². The lowest BCUT2D eigenvalue weighted by Crippen LogP contribution is -2.18. The largest absolute Gasteiger partial charge is 0.313 e. The van der Waals surface area contributed by atoms with Crippen LogP contribution in [0, 0.1) is 0 Å². The van der Waals surface area contributed by atoms with Crippen molar-refractivity contribution in [3.8, 4) is 0 Å². The highest BCUT2D eigenvalue weighted by molar-refractivity contribution is 5.31. The first-order valence-corrected chi connectivity index (χ1v) is 7.87. The van der Waals surface area contributed by atoms with Gasteiger partial charge in [-0.3, -0.25) is 9.36 Å². The van der Waals surface area contributed by atoms with Gasteiger partial charge in [-0.1, -0.05) is 20.8 Å². The summed E-state index contributed by atoms with van der Waals surface area (Å²) in [6.45, 7) is 7.41. The summed E-state index contributed by atoms with van der Waals surface area (Å²) in [4.78, 5) is 0. The average Bonchev–Trinajstić information content (AvgIpc) is 3.04. The normalized spacial score (nSPS) is 12.8. The van der Waals surface area contributed by atoms with Crippen LogP contribution in [0.3, 0.4) is 0 Å². The number of rotatable bonds is 7. The van der Waals surface area contributed by atoms with E-state index in [0.29, 0.717) is 6.04 Å². The van der Waals surface area contributed by atoms with Gasteiger partial charge in [0.2, 0.25) is 0 Å². The molecule has 5 heteroatoms. The Balaban J connectivity index is 2.41. The molecule has 0 saturated carbocycles. The van der Waals surface area contributed by atoms with Gasteiger partial charge in [0.1, 0.15) is 0 Å². The van der Waals surface area contributed by atoms with E-state index in [-0.39, 0.29) is 0 Å². The maximum Gasteiger partial charge on any atom is 0.0693 e. The van der Waals surface area contributed by atoms with Crippen molar-refractivity contribution in [2.45, 2.75) is 52.6 Å². The maximum atomic E-state index is 4.86. The summed E-state index contributed by atoms with van der Waals surface area (Å²) in [5.74, 6) is 0. The first kappa shape index (κ1) is 15.8. The molecular formula is C16H27N5. The molecule has 116 valence electrons. The fraction of sp³-hybridized carbons (Fsp3) is 0.625. The molecule has 0 fully saturated rings. The smallest absolute Gasteiger partial charge is 0.0693 e. The van der Waals surface area contributed by atoms with Crippen molar-refractivity contribution in [1.82, 2.24) is 24.9 Å². The molecule has 0 aliphatic heterocycles. The average molecular weight is 289 g/mol. The zero-order valence-corrected chi connectivity index (χ0v) is 13.8. The van der Waals surface area contributed by atoms with Crippen molar-refractivity contribution >= 4 is 0 Å². The van der Waals surface area contributed by atoms with Gasteiger partial charge in [-0.2, -0.15) is 10.2 Å². The van der Waals surface area contributed by atoms with Gasteiger partial charge in [0.25, 0.3) is 0 Å². The molecule has 0 bridgehead atoms. The standard InChI is InChI=1S/C16H27N5/c1-6-13(17-4)16-14(7-2)19-21(15(16)8-3)11-12-9-18-20(5)10-12/h9-10,13,17H,6-8,11H2,1-5H3. The minimum absolute atomic E-state index is 0.387. The topological polar surface area (TPSA) is 47.7 Å². The number of aromatic nitrogens is 4. The molecule has 1 atom stereocenters. The summed E-state index contributed by atoms with van der Waals surface area (Å²) in [5.41, 5.74) is 5.16. The van der Waals surface area contributed by atoms with E-state index in [1.165, 1.54) is 22.5 Å². The second-order valence-corrected chi connectivity index (χ2v) is 5.44. The van der Waals surface area contributed by atoms with Gasteiger partial charge in [-0.05, 0) is 26.3 Å². The van der Waals surface area contributed by atoms with Crippen LogP contribution in [0.15, 0.2) is 12.4 Å². The summed E-state index contributed by atoms with van der Waals surface area (Å²) in [5, 5.41) is 12.5. The zero-order chi connectivity index (χ0) is 15.4. The highest BCUT2D eigenvalue weighted by Crippen LogP contribution is 2.26. The van der Waals surface area contributed by atoms with E-state index in [4.69, 9.17) is 5.10 Å². The van der Waals surface area contributed by atoms with Gasteiger partial charge in [0, 0.05) is 36.1 Å². The molecule has 2 aromatic rings. The Morgan fingerprint density at radius 3 is 2.48 bits per heavy atom. The molecule has 0 saturated heterocycles. The van der Waals surface area contributed by atoms with Crippen molar-refractivity contribution in [3.05, 3.63) is 34.9 Å². The monoisotopic (exact) mass is 289 g/mol. The molecule has 2 heterocycles. The van der Waals surface area contributed by atoms with Crippen LogP contribution in [-0.4, -0.2) is 26.6 Å². The van der Waals surface area contributed by atoms with E-state index in [1.807, 2.05) is 25.0 Å². The molecule has 0 spiro atoms. The van der Waals surface area contributed by atoms with Crippen LogP contribution in [0.25, 0.3) is 0 Å². The van der Waals surface area contributed by atoms with Gasteiger partial charge in [0.05, 0.1) is 18.4 Å². The summed E-state index contributed by atoms with van der Waals surface area (Å²) >= 11 is 0. The fourth-order valence-corrected chi connectivity index (χ4v) is 3.01. The SMILES string of the molecule is CCc1nn(Cc2cnn(C)c2)c(CC)c1C(CC)NC. The van der Waals surface area contributed by atoms with E-state index in [2.05, 4.69) is 42.1 Å². The fourth-order valence-electron chi connectivity index (χ4n) is 3.01. The Morgan fingerprint density at radius 1 is 1.24 bits per heavy atom. The van der Waals surface area contributed by atoms with Gasteiger partial charge in [0.15, 0.2) is 0 Å². The van der Waals surface area contributed by atoms with E-state index < -0.39 is 0 Å². The second kappa shape index (κ2) is 6.89. The molecule has 0 aliphatic rings. The van der Waals surface area contributed by atoms with Gasteiger partial charge < -0.3 is 5.32 Å². The van der Waals surface area contributed by atoms with Crippen molar-refractivity contribution in [1.29, 1.82) is 0 Å². The number of hydrogen-bond acceptors (Lipinski definition) is 3. The Bertz CT molecular complexity index is 578. The summed E-state index contributed by atoms with van der Waals surface area (Å²) in [7, 11) is 3.98. The molecule has 0 aliphatic carbocycles. The van der Waals surface area contributed by atoms with E-state index in [9.17, 15) is 0 Å². The Labute approximate surface area is 127 Å². The molecule has 2 rings (SSSR count). The Hall–Kier alpha value is -1.62. The Morgan fingerprint density at radius 2 is 2.00 bits per heavy atom. The molecule has 2 aromatic heterocycles. The van der Waals surface area contributed by atoms with Crippen molar-refractivity contribution in [2.75, 3.05) is 7.05 Å². The predicted octanol–water partition coefficient (Wildman–Crippen LogP) is 2.46. The summed E-state index contributed by atoms with van der Waals surface area (Å²) < 4.78 is 4.00. The molecule has 0 aromatic carbocycles. The van der Waals surface area contributed by atoms with E-state index in [0.717, 1.165) is 25.8 Å². The third-order valence-corrected chi connectivity index (χ3v) is 4.04. The first-order valence-electron chi connectivity index (χ1n) is 7.87. The summed E-state index contributed by atoms with van der Waals surface area (Å²) in [6.07, 6.45) is 7.03.